The normalized spacial score (nSPS) is 29.6. The van der Waals surface area contributed by atoms with E-state index in [2.05, 4.69) is 0 Å². The average molecular weight is 182 g/mol. The van der Waals surface area contributed by atoms with Crippen LogP contribution in [0, 0.1) is 11.8 Å². The predicted octanol–water partition coefficient (Wildman–Crippen LogP) is 2.05. The summed E-state index contributed by atoms with van der Waals surface area (Å²) in [4.78, 5) is 10.2. The van der Waals surface area contributed by atoms with E-state index in [1.54, 1.807) is 0 Å². The Bertz CT molecular complexity index is 182. The maximum absolute atomic E-state index is 11.7. The number of rotatable bonds is 2. The fourth-order valence-electron chi connectivity index (χ4n) is 1.43. The van der Waals surface area contributed by atoms with Gasteiger partial charge in [0.25, 0.3) is 0 Å². The van der Waals surface area contributed by atoms with Crippen molar-refractivity contribution in [3.8, 4) is 0 Å². The van der Waals surface area contributed by atoms with Gasteiger partial charge in [-0.2, -0.15) is 13.2 Å². The van der Waals surface area contributed by atoms with Crippen molar-refractivity contribution in [3.05, 3.63) is 0 Å². The number of hydrogen-bond donors (Lipinski definition) is 1. The van der Waals surface area contributed by atoms with Gasteiger partial charge < -0.3 is 5.11 Å². The lowest BCUT2D eigenvalue weighted by atomic mass is 9.73. The summed E-state index contributed by atoms with van der Waals surface area (Å²) in [6.07, 6.45) is -4.63. The Morgan fingerprint density at radius 2 is 1.92 bits per heavy atom. The molecule has 12 heavy (non-hydrogen) atoms. The van der Waals surface area contributed by atoms with Crippen LogP contribution in [0.15, 0.2) is 0 Å². The molecule has 1 fully saturated rings. The first-order chi connectivity index (χ1) is 5.38. The molecule has 1 N–H and O–H groups in total. The Hall–Kier alpha value is -0.740. The van der Waals surface area contributed by atoms with Crippen molar-refractivity contribution in [1.29, 1.82) is 0 Å². The molecule has 0 heterocycles. The van der Waals surface area contributed by atoms with Crippen molar-refractivity contribution in [2.24, 2.45) is 11.8 Å². The number of halogens is 3. The van der Waals surface area contributed by atoms with E-state index in [4.69, 9.17) is 5.11 Å². The number of alkyl halides is 3. The van der Waals surface area contributed by atoms with Gasteiger partial charge in [-0.1, -0.05) is 0 Å². The largest absolute Gasteiger partial charge is 0.481 e. The summed E-state index contributed by atoms with van der Waals surface area (Å²) in [5.41, 5.74) is 0. The highest BCUT2D eigenvalue weighted by atomic mass is 19.4. The molecule has 1 saturated carbocycles. The van der Waals surface area contributed by atoms with E-state index in [-0.39, 0.29) is 12.8 Å². The summed E-state index contributed by atoms with van der Waals surface area (Å²) >= 11 is 0. The quantitative estimate of drug-likeness (QED) is 0.709. The van der Waals surface area contributed by atoms with Crippen molar-refractivity contribution in [2.75, 3.05) is 0 Å². The molecule has 70 valence electrons. The van der Waals surface area contributed by atoms with Gasteiger partial charge in [-0.05, 0) is 18.8 Å². The lowest BCUT2D eigenvalue weighted by molar-refractivity contribution is -0.163. The van der Waals surface area contributed by atoms with E-state index in [1.165, 1.54) is 0 Å². The minimum atomic E-state index is -4.14. The van der Waals surface area contributed by atoms with E-state index < -0.39 is 30.4 Å². The molecule has 1 aliphatic rings. The number of aliphatic carboxylic acids is 1. The monoisotopic (exact) mass is 182 g/mol. The lowest BCUT2D eigenvalue weighted by Gasteiger charge is -2.32. The molecular weight excluding hydrogens is 173 g/mol. The van der Waals surface area contributed by atoms with E-state index in [1.807, 2.05) is 0 Å². The van der Waals surface area contributed by atoms with Crippen LogP contribution in [0.1, 0.15) is 19.3 Å². The van der Waals surface area contributed by atoms with Gasteiger partial charge in [0.2, 0.25) is 0 Å². The summed E-state index contributed by atoms with van der Waals surface area (Å²) in [7, 11) is 0. The van der Waals surface area contributed by atoms with Crippen LogP contribution in [0.4, 0.5) is 13.2 Å². The van der Waals surface area contributed by atoms with Crippen LogP contribution in [0.5, 0.6) is 0 Å². The molecule has 0 amide bonds. The summed E-state index contributed by atoms with van der Waals surface area (Å²) in [5, 5.41) is 8.37. The highest BCUT2D eigenvalue weighted by Crippen LogP contribution is 2.40. The fourth-order valence-corrected chi connectivity index (χ4v) is 1.43. The number of carbonyl (C=O) groups is 1. The molecule has 0 aromatic carbocycles. The van der Waals surface area contributed by atoms with Crippen LogP contribution in [-0.2, 0) is 4.79 Å². The van der Waals surface area contributed by atoms with Crippen LogP contribution in [0.25, 0.3) is 0 Å². The van der Waals surface area contributed by atoms with Gasteiger partial charge >= 0.3 is 12.1 Å². The van der Waals surface area contributed by atoms with Crippen LogP contribution >= 0.6 is 0 Å². The SMILES string of the molecule is O=C(O)C1CC(CC(F)(F)F)C1. The van der Waals surface area contributed by atoms with Crippen LogP contribution in [0.2, 0.25) is 0 Å². The molecule has 0 saturated heterocycles. The Morgan fingerprint density at radius 1 is 1.42 bits per heavy atom. The van der Waals surface area contributed by atoms with Gasteiger partial charge in [-0.25, -0.2) is 0 Å². The molecule has 5 heteroatoms. The number of carboxylic acids is 1. The molecule has 0 atom stereocenters. The van der Waals surface area contributed by atoms with Crippen molar-refractivity contribution >= 4 is 5.97 Å². The molecule has 0 aromatic heterocycles. The van der Waals surface area contributed by atoms with Crippen LogP contribution in [-0.4, -0.2) is 17.3 Å². The standard InChI is InChI=1S/C7H9F3O2/c8-7(9,10)3-4-1-5(2-4)6(11)12/h4-5H,1-3H2,(H,11,12). The Labute approximate surface area is 67.4 Å². The van der Waals surface area contributed by atoms with Gasteiger partial charge in [0.1, 0.15) is 0 Å². The first-order valence-electron chi connectivity index (χ1n) is 3.68. The molecule has 0 spiro atoms. The summed E-state index contributed by atoms with van der Waals surface area (Å²) in [5.74, 6) is -1.99. The first-order valence-corrected chi connectivity index (χ1v) is 3.68. The van der Waals surface area contributed by atoms with Crippen molar-refractivity contribution in [3.63, 3.8) is 0 Å². The summed E-state index contributed by atoms with van der Waals surface area (Å²) < 4.78 is 35.1. The maximum atomic E-state index is 11.7. The summed E-state index contributed by atoms with van der Waals surface area (Å²) in [6.45, 7) is 0. The minimum absolute atomic E-state index is 0.175. The maximum Gasteiger partial charge on any atom is 0.389 e. The molecule has 1 rings (SSSR count). The molecule has 0 aromatic rings. The predicted molar refractivity (Wildman–Crippen MR) is 34.5 cm³/mol. The molecule has 0 unspecified atom stereocenters. The molecule has 1 aliphatic carbocycles. The van der Waals surface area contributed by atoms with Gasteiger partial charge in [0, 0.05) is 6.42 Å². The second-order valence-corrected chi connectivity index (χ2v) is 3.19. The van der Waals surface area contributed by atoms with Gasteiger partial charge in [0.05, 0.1) is 5.92 Å². The minimum Gasteiger partial charge on any atom is -0.481 e. The van der Waals surface area contributed by atoms with Gasteiger partial charge in [0.15, 0.2) is 0 Å². The topological polar surface area (TPSA) is 37.3 Å². The van der Waals surface area contributed by atoms with E-state index in [0.29, 0.717) is 0 Å². The third kappa shape index (κ3) is 2.39. The second-order valence-electron chi connectivity index (χ2n) is 3.19. The van der Waals surface area contributed by atoms with Gasteiger partial charge in [-0.3, -0.25) is 4.79 Å². The zero-order chi connectivity index (χ0) is 9.35. The molecular formula is C7H9F3O2. The highest BCUT2D eigenvalue weighted by Gasteiger charge is 2.41. The zero-order valence-electron chi connectivity index (χ0n) is 6.27. The van der Waals surface area contributed by atoms with Crippen LogP contribution in [0.3, 0.4) is 0 Å². The Kier molecular flexibility index (Phi) is 2.30. The van der Waals surface area contributed by atoms with E-state index in [9.17, 15) is 18.0 Å². The first kappa shape index (κ1) is 9.35. The average Bonchev–Trinajstić information content (AvgIpc) is 1.74. The van der Waals surface area contributed by atoms with E-state index >= 15 is 0 Å². The zero-order valence-corrected chi connectivity index (χ0v) is 6.27. The molecule has 0 aliphatic heterocycles. The lowest BCUT2D eigenvalue weighted by Crippen LogP contribution is -2.33. The molecule has 2 nitrogen and oxygen atoms in total. The van der Waals surface area contributed by atoms with Gasteiger partial charge in [-0.15, -0.1) is 0 Å². The Morgan fingerprint density at radius 3 is 2.25 bits per heavy atom. The number of hydrogen-bond acceptors (Lipinski definition) is 1. The third-order valence-electron chi connectivity index (χ3n) is 2.11. The molecule has 0 radical (unpaired) electrons. The smallest absolute Gasteiger partial charge is 0.389 e. The van der Waals surface area contributed by atoms with E-state index in [0.717, 1.165) is 0 Å². The van der Waals surface area contributed by atoms with Crippen LogP contribution < -0.4 is 0 Å². The van der Waals surface area contributed by atoms with Crippen molar-refractivity contribution < 1.29 is 23.1 Å². The second kappa shape index (κ2) is 2.95. The van der Waals surface area contributed by atoms with Crippen molar-refractivity contribution in [2.45, 2.75) is 25.4 Å². The van der Waals surface area contributed by atoms with Crippen molar-refractivity contribution in [1.82, 2.24) is 0 Å². The summed E-state index contributed by atoms with van der Waals surface area (Å²) in [6, 6.07) is 0. The Balaban J connectivity index is 2.22. The third-order valence-corrected chi connectivity index (χ3v) is 2.11. The highest BCUT2D eigenvalue weighted by molar-refractivity contribution is 5.71. The number of carboxylic acid groups (broad SMARTS) is 1. The fraction of sp³-hybridized carbons (Fsp3) is 0.857. The molecule has 0 bridgehead atoms.